The number of aromatic amines is 1. The molecule has 0 fully saturated rings. The molecule has 9 heteroatoms. The molecule has 0 unspecified atom stereocenters. The number of hydrogen-bond donors (Lipinski definition) is 3. The molecule has 5 N–H and O–H groups in total. The molecule has 1 aromatic carbocycles. The topological polar surface area (TPSA) is 120 Å². The smallest absolute Gasteiger partial charge is 0.179 e. The van der Waals surface area contributed by atoms with Crippen molar-refractivity contribution in [3.8, 4) is 34.1 Å². The molecule has 0 aliphatic rings. The standard InChI is InChI=1S/C21H14F2N6O/c22-15-14(16(23)20(25)29-19(15)24)21-27-17(10-5-7-26-8-6-10)18(28-21)13-9-11-3-1-2-4-12(11)30-13/h1-9H,(H,27,28)(H4,24,25,29). The summed E-state index contributed by atoms with van der Waals surface area (Å²) in [6.45, 7) is 0. The van der Waals surface area contributed by atoms with E-state index in [2.05, 4.69) is 19.9 Å². The van der Waals surface area contributed by atoms with Gasteiger partial charge in [0.05, 0.1) is 5.56 Å². The van der Waals surface area contributed by atoms with E-state index in [9.17, 15) is 8.78 Å². The first kappa shape index (κ1) is 17.8. The fourth-order valence-electron chi connectivity index (χ4n) is 3.28. The Morgan fingerprint density at radius 1 is 0.900 bits per heavy atom. The van der Waals surface area contributed by atoms with E-state index in [1.54, 1.807) is 24.5 Å². The average molecular weight is 404 g/mol. The number of rotatable bonds is 3. The lowest BCUT2D eigenvalue weighted by atomic mass is 10.1. The molecule has 0 bridgehead atoms. The summed E-state index contributed by atoms with van der Waals surface area (Å²) in [7, 11) is 0. The molecule has 0 amide bonds. The van der Waals surface area contributed by atoms with Crippen LogP contribution in [0.15, 0.2) is 59.3 Å². The summed E-state index contributed by atoms with van der Waals surface area (Å²) in [5.74, 6) is -2.77. The van der Waals surface area contributed by atoms with E-state index in [0.29, 0.717) is 28.3 Å². The Bertz CT molecular complexity index is 1330. The van der Waals surface area contributed by atoms with Gasteiger partial charge in [-0.15, -0.1) is 0 Å². The second-order valence-corrected chi connectivity index (χ2v) is 6.58. The Hall–Kier alpha value is -4.27. The molecular formula is C21H14F2N6O. The lowest BCUT2D eigenvalue weighted by molar-refractivity contribution is 0.585. The summed E-state index contributed by atoms with van der Waals surface area (Å²) in [6.07, 6.45) is 3.19. The zero-order chi connectivity index (χ0) is 20.8. The van der Waals surface area contributed by atoms with Gasteiger partial charge in [0.15, 0.2) is 29.0 Å². The van der Waals surface area contributed by atoms with Gasteiger partial charge in [0, 0.05) is 23.3 Å². The molecule has 0 spiro atoms. The lowest BCUT2D eigenvalue weighted by Crippen LogP contribution is -2.06. The first-order valence-corrected chi connectivity index (χ1v) is 8.92. The van der Waals surface area contributed by atoms with Gasteiger partial charge in [-0.2, -0.15) is 0 Å². The molecule has 5 rings (SSSR count). The van der Waals surface area contributed by atoms with Gasteiger partial charge < -0.3 is 20.9 Å². The van der Waals surface area contributed by atoms with Crippen molar-refractivity contribution in [3.05, 3.63) is 66.5 Å². The highest BCUT2D eigenvalue weighted by atomic mass is 19.1. The number of hydrogen-bond acceptors (Lipinski definition) is 6. The minimum absolute atomic E-state index is 0.0898. The van der Waals surface area contributed by atoms with Crippen LogP contribution in [0.5, 0.6) is 0 Å². The van der Waals surface area contributed by atoms with Crippen molar-refractivity contribution in [1.29, 1.82) is 0 Å². The van der Waals surface area contributed by atoms with Crippen LogP contribution in [-0.2, 0) is 0 Å². The molecule has 4 heterocycles. The van der Waals surface area contributed by atoms with Gasteiger partial charge in [-0.3, -0.25) is 4.98 Å². The highest BCUT2D eigenvalue weighted by molar-refractivity contribution is 5.87. The number of nitrogen functional groups attached to an aromatic ring is 2. The van der Waals surface area contributed by atoms with Gasteiger partial charge in [0.1, 0.15) is 22.8 Å². The molecule has 0 saturated carbocycles. The Morgan fingerprint density at radius 3 is 2.30 bits per heavy atom. The van der Waals surface area contributed by atoms with E-state index in [4.69, 9.17) is 15.9 Å². The van der Waals surface area contributed by atoms with Gasteiger partial charge in [-0.1, -0.05) is 18.2 Å². The quantitative estimate of drug-likeness (QED) is 0.410. The van der Waals surface area contributed by atoms with Gasteiger partial charge in [0.2, 0.25) is 0 Å². The predicted octanol–water partition coefficient (Wildman–Crippen LogP) is 4.39. The maximum atomic E-state index is 14.7. The van der Waals surface area contributed by atoms with Crippen LogP contribution in [-0.4, -0.2) is 19.9 Å². The molecule has 0 radical (unpaired) electrons. The highest BCUT2D eigenvalue weighted by Gasteiger charge is 2.25. The Balaban J connectivity index is 1.78. The lowest BCUT2D eigenvalue weighted by Gasteiger charge is -2.06. The van der Waals surface area contributed by atoms with Crippen LogP contribution in [0.1, 0.15) is 0 Å². The normalized spacial score (nSPS) is 11.3. The Labute approximate surface area is 168 Å². The third-order valence-corrected chi connectivity index (χ3v) is 4.70. The number of benzene rings is 1. The number of nitrogens with one attached hydrogen (secondary N) is 1. The number of fused-ring (bicyclic) bond motifs is 1. The third-order valence-electron chi connectivity index (χ3n) is 4.70. The third kappa shape index (κ3) is 2.75. The summed E-state index contributed by atoms with van der Waals surface area (Å²) >= 11 is 0. The molecule has 4 aromatic heterocycles. The van der Waals surface area contributed by atoms with E-state index in [0.717, 1.165) is 5.39 Å². The van der Waals surface area contributed by atoms with E-state index in [1.165, 1.54) is 0 Å². The van der Waals surface area contributed by atoms with Crippen LogP contribution in [0.25, 0.3) is 45.1 Å². The van der Waals surface area contributed by atoms with E-state index in [-0.39, 0.29) is 5.82 Å². The SMILES string of the molecule is Nc1nc(N)c(F)c(-c2nc(-c3ccncc3)c(-c3cc4ccccc4o3)[nH]2)c1F. The minimum atomic E-state index is -1.05. The molecule has 30 heavy (non-hydrogen) atoms. The molecule has 7 nitrogen and oxygen atoms in total. The van der Waals surface area contributed by atoms with Crippen LogP contribution in [0, 0.1) is 11.6 Å². The maximum absolute atomic E-state index is 14.7. The molecule has 0 atom stereocenters. The number of imidazole rings is 1. The Kier molecular flexibility index (Phi) is 3.95. The number of anilines is 2. The van der Waals surface area contributed by atoms with Crippen molar-refractivity contribution in [1.82, 2.24) is 19.9 Å². The number of H-pyrrole nitrogens is 1. The van der Waals surface area contributed by atoms with Crippen molar-refractivity contribution in [2.75, 3.05) is 11.5 Å². The van der Waals surface area contributed by atoms with Gasteiger partial charge in [-0.25, -0.2) is 18.7 Å². The fourth-order valence-corrected chi connectivity index (χ4v) is 3.28. The van der Waals surface area contributed by atoms with Crippen molar-refractivity contribution >= 4 is 22.6 Å². The van der Waals surface area contributed by atoms with Crippen LogP contribution in [0.3, 0.4) is 0 Å². The number of halogens is 2. The maximum Gasteiger partial charge on any atom is 0.179 e. The predicted molar refractivity (Wildman–Crippen MR) is 109 cm³/mol. The van der Waals surface area contributed by atoms with E-state index >= 15 is 0 Å². The van der Waals surface area contributed by atoms with Gasteiger partial charge in [-0.05, 0) is 24.3 Å². The summed E-state index contributed by atoms with van der Waals surface area (Å²) < 4.78 is 35.3. The van der Waals surface area contributed by atoms with Crippen molar-refractivity contribution < 1.29 is 13.2 Å². The molecule has 0 saturated heterocycles. The average Bonchev–Trinajstić information content (AvgIpc) is 3.37. The van der Waals surface area contributed by atoms with Crippen LogP contribution < -0.4 is 11.5 Å². The number of furan rings is 1. The van der Waals surface area contributed by atoms with Crippen molar-refractivity contribution in [2.45, 2.75) is 0 Å². The number of aromatic nitrogens is 4. The van der Waals surface area contributed by atoms with Crippen molar-refractivity contribution in [2.24, 2.45) is 0 Å². The molecule has 0 aliphatic carbocycles. The van der Waals surface area contributed by atoms with Gasteiger partial charge >= 0.3 is 0 Å². The molecule has 0 aliphatic heterocycles. The van der Waals surface area contributed by atoms with Crippen LogP contribution in [0.2, 0.25) is 0 Å². The fraction of sp³-hybridized carbons (Fsp3) is 0. The van der Waals surface area contributed by atoms with Crippen molar-refractivity contribution in [3.63, 3.8) is 0 Å². The number of nitrogens with two attached hydrogens (primary N) is 2. The summed E-state index contributed by atoms with van der Waals surface area (Å²) in [5, 5.41) is 0.874. The molecule has 5 aromatic rings. The zero-order valence-corrected chi connectivity index (χ0v) is 15.4. The molecule has 148 valence electrons. The number of pyridine rings is 2. The summed E-state index contributed by atoms with van der Waals surface area (Å²) in [5.41, 5.74) is 12.8. The van der Waals surface area contributed by atoms with Crippen LogP contribution in [0.4, 0.5) is 20.4 Å². The zero-order valence-electron chi connectivity index (χ0n) is 15.4. The van der Waals surface area contributed by atoms with E-state index < -0.39 is 28.8 Å². The second-order valence-electron chi connectivity index (χ2n) is 6.58. The minimum Gasteiger partial charge on any atom is -0.454 e. The van der Waals surface area contributed by atoms with E-state index in [1.807, 2.05) is 30.3 Å². The largest absolute Gasteiger partial charge is 0.454 e. The molecular weight excluding hydrogens is 390 g/mol. The number of nitrogens with zero attached hydrogens (tertiary/aromatic N) is 3. The monoisotopic (exact) mass is 404 g/mol. The van der Waals surface area contributed by atoms with Gasteiger partial charge in [0.25, 0.3) is 0 Å². The summed E-state index contributed by atoms with van der Waals surface area (Å²) in [4.78, 5) is 14.9. The first-order valence-electron chi connectivity index (χ1n) is 8.92. The van der Waals surface area contributed by atoms with Crippen LogP contribution >= 0.6 is 0 Å². The summed E-state index contributed by atoms with van der Waals surface area (Å²) in [6, 6.07) is 12.7. The second kappa shape index (κ2) is 6.66. The first-order chi connectivity index (χ1) is 14.5. The Morgan fingerprint density at radius 2 is 1.60 bits per heavy atom. The number of para-hydroxylation sites is 1. The highest BCUT2D eigenvalue weighted by Crippen LogP contribution is 2.37.